The maximum atomic E-state index is 13.0. The molecule has 26 heavy (non-hydrogen) atoms. The summed E-state index contributed by atoms with van der Waals surface area (Å²) in [5.74, 6) is 0.888. The number of likely N-dealkylation sites (tertiary alicyclic amines) is 1. The molecule has 3 heterocycles. The van der Waals surface area contributed by atoms with Crippen LogP contribution in [0.25, 0.3) is 11.3 Å². The average molecular weight is 354 g/mol. The molecule has 1 aromatic carbocycles. The number of hydrogen-bond donors (Lipinski definition) is 0. The fraction of sp³-hybridized carbons (Fsp3) is 0.450. The Balaban J connectivity index is 1.45. The van der Waals surface area contributed by atoms with Crippen molar-refractivity contribution in [3.05, 3.63) is 42.2 Å². The minimum Gasteiger partial charge on any atom is -0.354 e. The molecule has 2 aliphatic heterocycles. The normalized spacial score (nSPS) is 20.4. The number of halogens is 1. The van der Waals surface area contributed by atoms with Crippen molar-refractivity contribution in [2.75, 3.05) is 31.1 Å². The molecule has 0 spiro atoms. The lowest BCUT2D eigenvalue weighted by atomic mass is 9.96. The van der Waals surface area contributed by atoms with E-state index in [0.717, 1.165) is 62.4 Å². The molecular weight excluding hydrogens is 331 g/mol. The number of hydrogen-bond acceptors (Lipinski definition) is 4. The first-order valence-electron chi connectivity index (χ1n) is 9.34. The van der Waals surface area contributed by atoms with Gasteiger partial charge in [0.2, 0.25) is 5.91 Å². The van der Waals surface area contributed by atoms with Gasteiger partial charge in [-0.1, -0.05) is 0 Å². The quantitative estimate of drug-likeness (QED) is 0.850. The summed E-state index contributed by atoms with van der Waals surface area (Å²) in [4.78, 5) is 16.8. The van der Waals surface area contributed by atoms with Crippen molar-refractivity contribution in [1.29, 1.82) is 0 Å². The molecule has 0 aliphatic carbocycles. The third kappa shape index (κ3) is 3.54. The Morgan fingerprint density at radius 1 is 0.962 bits per heavy atom. The van der Waals surface area contributed by atoms with Crippen molar-refractivity contribution in [3.63, 3.8) is 0 Å². The molecule has 1 amide bonds. The maximum Gasteiger partial charge on any atom is 0.227 e. The summed E-state index contributed by atoms with van der Waals surface area (Å²) in [5, 5.41) is 8.64. The van der Waals surface area contributed by atoms with Crippen LogP contribution < -0.4 is 4.90 Å². The summed E-state index contributed by atoms with van der Waals surface area (Å²) in [6.45, 7) is 3.41. The van der Waals surface area contributed by atoms with Gasteiger partial charge in [0, 0.05) is 31.7 Å². The molecule has 6 heteroatoms. The van der Waals surface area contributed by atoms with E-state index in [1.54, 1.807) is 12.1 Å². The fourth-order valence-corrected chi connectivity index (χ4v) is 3.85. The highest BCUT2D eigenvalue weighted by Gasteiger charge is 2.31. The first-order valence-corrected chi connectivity index (χ1v) is 9.34. The van der Waals surface area contributed by atoms with Gasteiger partial charge in [0.1, 0.15) is 5.82 Å². The van der Waals surface area contributed by atoms with E-state index in [0.29, 0.717) is 12.5 Å². The Morgan fingerprint density at radius 2 is 1.73 bits per heavy atom. The summed E-state index contributed by atoms with van der Waals surface area (Å²) in [6.07, 6.45) is 4.19. The first-order chi connectivity index (χ1) is 12.7. The smallest absolute Gasteiger partial charge is 0.227 e. The molecule has 0 N–H and O–H groups in total. The van der Waals surface area contributed by atoms with E-state index in [-0.39, 0.29) is 11.7 Å². The van der Waals surface area contributed by atoms with E-state index in [9.17, 15) is 9.18 Å². The van der Waals surface area contributed by atoms with Crippen LogP contribution in [0.5, 0.6) is 0 Å². The molecule has 136 valence electrons. The van der Waals surface area contributed by atoms with Gasteiger partial charge in [-0.3, -0.25) is 4.79 Å². The minimum atomic E-state index is -0.264. The number of carbonyl (C=O) groups excluding carboxylic acids is 1. The molecule has 5 nitrogen and oxygen atoms in total. The molecule has 1 aromatic heterocycles. The van der Waals surface area contributed by atoms with E-state index in [1.165, 1.54) is 12.1 Å². The second kappa shape index (κ2) is 7.40. The SMILES string of the molecule is O=C(C1CCCN(c2ccc(-c3ccc(F)cc3)nn2)C1)N1CCCC1. The predicted octanol–water partition coefficient (Wildman–Crippen LogP) is 3.12. The third-order valence-corrected chi connectivity index (χ3v) is 5.30. The number of carbonyl (C=O) groups is 1. The molecular formula is C20H23FN4O. The van der Waals surface area contributed by atoms with E-state index in [4.69, 9.17) is 0 Å². The number of aromatic nitrogens is 2. The van der Waals surface area contributed by atoms with E-state index < -0.39 is 0 Å². The number of anilines is 1. The summed E-state index contributed by atoms with van der Waals surface area (Å²) in [5.41, 5.74) is 1.56. The monoisotopic (exact) mass is 354 g/mol. The Labute approximate surface area is 152 Å². The van der Waals surface area contributed by atoms with Gasteiger partial charge in [-0.2, -0.15) is 0 Å². The molecule has 2 aliphatic rings. The number of benzene rings is 1. The van der Waals surface area contributed by atoms with Crippen molar-refractivity contribution in [2.45, 2.75) is 25.7 Å². The van der Waals surface area contributed by atoms with Crippen LogP contribution in [-0.2, 0) is 4.79 Å². The van der Waals surface area contributed by atoms with Crippen molar-refractivity contribution in [2.24, 2.45) is 5.92 Å². The largest absolute Gasteiger partial charge is 0.354 e. The van der Waals surface area contributed by atoms with Gasteiger partial charge >= 0.3 is 0 Å². The van der Waals surface area contributed by atoms with Gasteiger partial charge in [0.05, 0.1) is 11.6 Å². The van der Waals surface area contributed by atoms with Crippen LogP contribution in [0, 0.1) is 11.7 Å². The Bertz CT molecular complexity index is 756. The average Bonchev–Trinajstić information content (AvgIpc) is 3.23. The second-order valence-electron chi connectivity index (χ2n) is 7.10. The topological polar surface area (TPSA) is 49.3 Å². The zero-order chi connectivity index (χ0) is 17.9. The molecule has 1 unspecified atom stereocenters. The highest BCUT2D eigenvalue weighted by Crippen LogP contribution is 2.25. The van der Waals surface area contributed by atoms with Crippen LogP contribution in [0.3, 0.4) is 0 Å². The van der Waals surface area contributed by atoms with Crippen LogP contribution in [0.2, 0.25) is 0 Å². The Morgan fingerprint density at radius 3 is 2.42 bits per heavy atom. The zero-order valence-electron chi connectivity index (χ0n) is 14.8. The Kier molecular flexibility index (Phi) is 4.82. The standard InChI is InChI=1S/C20H23FN4O/c21-17-7-5-15(6-8-17)18-9-10-19(23-22-18)25-13-3-4-16(14-25)20(26)24-11-1-2-12-24/h5-10,16H,1-4,11-14H2. The highest BCUT2D eigenvalue weighted by molar-refractivity contribution is 5.80. The van der Waals surface area contributed by atoms with Gasteiger partial charge in [0.15, 0.2) is 5.82 Å². The molecule has 2 saturated heterocycles. The molecule has 0 bridgehead atoms. The lowest BCUT2D eigenvalue weighted by Gasteiger charge is -2.34. The van der Waals surface area contributed by atoms with E-state index >= 15 is 0 Å². The summed E-state index contributed by atoms with van der Waals surface area (Å²) in [6, 6.07) is 10.1. The second-order valence-corrected chi connectivity index (χ2v) is 7.10. The number of piperidine rings is 1. The van der Waals surface area contributed by atoms with Gasteiger partial charge < -0.3 is 9.80 Å². The lowest BCUT2D eigenvalue weighted by molar-refractivity contribution is -0.134. The predicted molar refractivity (Wildman–Crippen MR) is 98.2 cm³/mol. The highest BCUT2D eigenvalue weighted by atomic mass is 19.1. The summed E-state index contributed by atoms with van der Waals surface area (Å²) < 4.78 is 13.0. The van der Waals surface area contributed by atoms with Crippen molar-refractivity contribution >= 4 is 11.7 Å². The van der Waals surface area contributed by atoms with E-state index in [2.05, 4.69) is 15.1 Å². The molecule has 1 atom stereocenters. The molecule has 2 aromatic rings. The number of amides is 1. The zero-order valence-corrected chi connectivity index (χ0v) is 14.8. The van der Waals surface area contributed by atoms with Crippen molar-refractivity contribution in [3.8, 4) is 11.3 Å². The fourth-order valence-electron chi connectivity index (χ4n) is 3.85. The van der Waals surface area contributed by atoms with Crippen molar-refractivity contribution in [1.82, 2.24) is 15.1 Å². The molecule has 0 saturated carbocycles. The van der Waals surface area contributed by atoms with Gasteiger partial charge in [-0.05, 0) is 62.1 Å². The van der Waals surface area contributed by atoms with E-state index in [1.807, 2.05) is 17.0 Å². The van der Waals surface area contributed by atoms with Gasteiger partial charge in [-0.15, -0.1) is 10.2 Å². The van der Waals surface area contributed by atoms with Crippen molar-refractivity contribution < 1.29 is 9.18 Å². The lowest BCUT2D eigenvalue weighted by Crippen LogP contribution is -2.44. The summed E-state index contributed by atoms with van der Waals surface area (Å²) in [7, 11) is 0. The molecule has 2 fully saturated rings. The number of nitrogens with zero attached hydrogens (tertiary/aromatic N) is 4. The third-order valence-electron chi connectivity index (χ3n) is 5.30. The Hall–Kier alpha value is -2.50. The van der Waals surface area contributed by atoms with Crippen LogP contribution in [0.1, 0.15) is 25.7 Å². The van der Waals surface area contributed by atoms with Crippen LogP contribution >= 0.6 is 0 Å². The van der Waals surface area contributed by atoms with Crippen LogP contribution in [-0.4, -0.2) is 47.2 Å². The maximum absolute atomic E-state index is 13.0. The van der Waals surface area contributed by atoms with Gasteiger partial charge in [-0.25, -0.2) is 4.39 Å². The molecule has 4 rings (SSSR count). The first kappa shape index (κ1) is 16.9. The van der Waals surface area contributed by atoms with Gasteiger partial charge in [0.25, 0.3) is 0 Å². The van der Waals surface area contributed by atoms with Crippen LogP contribution in [0.4, 0.5) is 10.2 Å². The summed E-state index contributed by atoms with van der Waals surface area (Å²) >= 11 is 0. The van der Waals surface area contributed by atoms with Crippen LogP contribution in [0.15, 0.2) is 36.4 Å². The number of rotatable bonds is 3. The molecule has 0 radical (unpaired) electrons. The minimum absolute atomic E-state index is 0.0559.